The first kappa shape index (κ1) is 26.4. The van der Waals surface area contributed by atoms with Gasteiger partial charge < -0.3 is 20.3 Å². The van der Waals surface area contributed by atoms with Gasteiger partial charge in [0.15, 0.2) is 0 Å². The molecule has 3 heterocycles. The van der Waals surface area contributed by atoms with Crippen LogP contribution in [0.3, 0.4) is 0 Å². The molecule has 0 spiro atoms. The number of aromatic nitrogens is 2. The van der Waals surface area contributed by atoms with Crippen LogP contribution in [0.25, 0.3) is 10.9 Å². The summed E-state index contributed by atoms with van der Waals surface area (Å²) in [5.74, 6) is -0.459. The number of benzene rings is 2. The number of amides is 1. The number of anilines is 2. The third kappa shape index (κ3) is 6.28. The van der Waals surface area contributed by atoms with E-state index in [2.05, 4.69) is 25.5 Å². The van der Waals surface area contributed by atoms with Gasteiger partial charge in [-0.15, -0.1) is 0 Å². The van der Waals surface area contributed by atoms with Crippen molar-refractivity contribution in [1.29, 1.82) is 0 Å². The van der Waals surface area contributed by atoms with Crippen molar-refractivity contribution in [3.05, 3.63) is 89.7 Å². The number of rotatable bonds is 8. The number of nitrogens with one attached hydrogen (secondary N) is 2. The first-order chi connectivity index (χ1) is 18.8. The quantitative estimate of drug-likeness (QED) is 0.289. The number of likely N-dealkylation sites (N-methyl/N-ethyl adjacent to an activating group) is 1. The molecule has 1 fully saturated rings. The van der Waals surface area contributed by atoms with Crippen LogP contribution in [-0.2, 0) is 12.7 Å². The number of ether oxygens (including phenoxy) is 1. The third-order valence-electron chi connectivity index (χ3n) is 6.83. The maximum atomic E-state index is 13.7. The van der Waals surface area contributed by atoms with E-state index >= 15 is 0 Å². The Morgan fingerprint density at radius 1 is 1.08 bits per heavy atom. The number of hydrogen-bond acceptors (Lipinski definition) is 6. The molecule has 1 saturated heterocycles. The lowest BCUT2D eigenvalue weighted by Crippen LogP contribution is -2.31. The summed E-state index contributed by atoms with van der Waals surface area (Å²) in [6.07, 6.45) is 0.554. The van der Waals surface area contributed by atoms with Gasteiger partial charge in [0.25, 0.3) is 5.91 Å². The lowest BCUT2D eigenvalue weighted by Gasteiger charge is -2.22. The van der Waals surface area contributed by atoms with Crippen molar-refractivity contribution in [2.75, 3.05) is 30.8 Å². The van der Waals surface area contributed by atoms with Crippen LogP contribution in [0.2, 0.25) is 0 Å². The zero-order chi connectivity index (χ0) is 27.4. The van der Waals surface area contributed by atoms with Gasteiger partial charge in [-0.25, -0.2) is 4.98 Å². The number of halogens is 3. The largest absolute Gasteiger partial charge is 0.491 e. The number of alkyl halides is 3. The summed E-state index contributed by atoms with van der Waals surface area (Å²) in [6, 6.07) is 16.4. The standard InChI is InChI=1S/C29H28F3N5O2/c1-37-14-4-6-22(37)18-39-26-16-21(9-10-24(26)29(30,31)32)36-28(38)23-7-3-13-34-27(23)35-17-19-8-11-25-20(15-19)5-2-12-33-25/h2-3,5,7-13,15-16,22H,4,6,14,17-18H2,1H3,(H,34,35)(H,36,38). The van der Waals surface area contributed by atoms with Crippen molar-refractivity contribution in [1.82, 2.24) is 14.9 Å². The highest BCUT2D eigenvalue weighted by Gasteiger charge is 2.35. The van der Waals surface area contributed by atoms with Crippen LogP contribution in [0, 0.1) is 0 Å². The van der Waals surface area contributed by atoms with E-state index in [4.69, 9.17) is 4.74 Å². The molecule has 7 nitrogen and oxygen atoms in total. The van der Waals surface area contributed by atoms with Crippen LogP contribution in [-0.4, -0.2) is 47.0 Å². The van der Waals surface area contributed by atoms with Crippen molar-refractivity contribution < 1.29 is 22.7 Å². The van der Waals surface area contributed by atoms with Gasteiger partial charge in [0, 0.05) is 42.1 Å². The number of likely N-dealkylation sites (tertiary alicyclic amines) is 1. The molecule has 0 bridgehead atoms. The summed E-state index contributed by atoms with van der Waals surface area (Å²) in [5, 5.41) is 6.87. The summed E-state index contributed by atoms with van der Waals surface area (Å²) in [4.78, 5) is 23.8. The SMILES string of the molecule is CN1CCCC1COc1cc(NC(=O)c2cccnc2NCc2ccc3ncccc3c2)ccc1C(F)(F)F. The van der Waals surface area contributed by atoms with Crippen molar-refractivity contribution in [3.63, 3.8) is 0 Å². The average Bonchev–Trinajstić information content (AvgIpc) is 3.34. The molecule has 5 rings (SSSR count). The first-order valence-electron chi connectivity index (χ1n) is 12.7. The fourth-order valence-corrected chi connectivity index (χ4v) is 4.68. The Bertz CT molecular complexity index is 1480. The number of fused-ring (bicyclic) bond motifs is 1. The molecule has 39 heavy (non-hydrogen) atoms. The molecule has 0 saturated carbocycles. The maximum absolute atomic E-state index is 13.7. The first-order valence-corrected chi connectivity index (χ1v) is 12.7. The Labute approximate surface area is 224 Å². The fraction of sp³-hybridized carbons (Fsp3) is 0.276. The minimum atomic E-state index is -4.58. The summed E-state index contributed by atoms with van der Waals surface area (Å²) < 4.78 is 46.6. The Balaban J connectivity index is 1.31. The number of carbonyl (C=O) groups is 1. The Hall–Kier alpha value is -4.18. The van der Waals surface area contributed by atoms with E-state index < -0.39 is 17.6 Å². The molecule has 1 aliphatic rings. The van der Waals surface area contributed by atoms with E-state index in [9.17, 15) is 18.0 Å². The summed E-state index contributed by atoms with van der Waals surface area (Å²) in [5.41, 5.74) is 1.43. The number of nitrogens with zero attached hydrogens (tertiary/aromatic N) is 3. The molecule has 1 unspecified atom stereocenters. The second-order valence-corrected chi connectivity index (χ2v) is 9.53. The van der Waals surface area contributed by atoms with E-state index in [0.717, 1.165) is 41.9 Å². The summed E-state index contributed by atoms with van der Waals surface area (Å²) in [6.45, 7) is 1.43. The number of carbonyl (C=O) groups excluding carboxylic acids is 1. The molecule has 1 aliphatic heterocycles. The smallest absolute Gasteiger partial charge is 0.419 e. The van der Waals surface area contributed by atoms with Crippen molar-refractivity contribution in [3.8, 4) is 5.75 Å². The normalized spacial score (nSPS) is 15.8. The molecule has 1 atom stereocenters. The topological polar surface area (TPSA) is 79.4 Å². The van der Waals surface area contributed by atoms with Gasteiger partial charge in [0.05, 0.1) is 16.6 Å². The van der Waals surface area contributed by atoms with Crippen molar-refractivity contribution in [2.24, 2.45) is 0 Å². The van der Waals surface area contributed by atoms with E-state index in [1.54, 1.807) is 24.5 Å². The number of pyridine rings is 2. The van der Waals surface area contributed by atoms with Crippen LogP contribution in [0.4, 0.5) is 24.7 Å². The summed E-state index contributed by atoms with van der Waals surface area (Å²) >= 11 is 0. The lowest BCUT2D eigenvalue weighted by molar-refractivity contribution is -0.139. The third-order valence-corrected chi connectivity index (χ3v) is 6.83. The van der Waals surface area contributed by atoms with Crippen LogP contribution in [0.5, 0.6) is 5.75 Å². The van der Waals surface area contributed by atoms with E-state index in [0.29, 0.717) is 12.4 Å². The minimum absolute atomic E-state index is 0.0484. The van der Waals surface area contributed by atoms with Gasteiger partial charge in [-0.2, -0.15) is 13.2 Å². The monoisotopic (exact) mass is 535 g/mol. The molecular formula is C29H28F3N5O2. The fourth-order valence-electron chi connectivity index (χ4n) is 4.68. The molecule has 0 aliphatic carbocycles. The maximum Gasteiger partial charge on any atom is 0.419 e. The molecule has 4 aromatic rings. The van der Waals surface area contributed by atoms with Crippen molar-refractivity contribution >= 4 is 28.3 Å². The highest BCUT2D eigenvalue weighted by Crippen LogP contribution is 2.38. The van der Waals surface area contributed by atoms with Crippen molar-refractivity contribution in [2.45, 2.75) is 31.6 Å². The minimum Gasteiger partial charge on any atom is -0.491 e. The second-order valence-electron chi connectivity index (χ2n) is 9.53. The van der Waals surface area contributed by atoms with Crippen LogP contribution < -0.4 is 15.4 Å². The van der Waals surface area contributed by atoms with Crippen LogP contribution in [0.15, 0.2) is 73.1 Å². The second kappa shape index (κ2) is 11.3. The molecule has 202 valence electrons. The van der Waals surface area contributed by atoms with E-state index in [1.807, 2.05) is 37.4 Å². The zero-order valence-electron chi connectivity index (χ0n) is 21.3. The molecule has 0 radical (unpaired) electrons. The Morgan fingerprint density at radius 3 is 2.69 bits per heavy atom. The van der Waals surface area contributed by atoms with Gasteiger partial charge >= 0.3 is 6.18 Å². The van der Waals surface area contributed by atoms with E-state index in [1.165, 1.54) is 12.1 Å². The predicted molar refractivity (Wildman–Crippen MR) is 144 cm³/mol. The highest BCUT2D eigenvalue weighted by atomic mass is 19.4. The van der Waals surface area contributed by atoms with Gasteiger partial charge in [0.1, 0.15) is 18.2 Å². The molecule has 10 heteroatoms. The summed E-state index contributed by atoms with van der Waals surface area (Å²) in [7, 11) is 1.93. The molecule has 1 amide bonds. The highest BCUT2D eigenvalue weighted by molar-refractivity contribution is 6.07. The molecule has 2 N–H and O–H groups in total. The number of hydrogen-bond donors (Lipinski definition) is 2. The zero-order valence-corrected chi connectivity index (χ0v) is 21.3. The van der Waals surface area contributed by atoms with Crippen LogP contribution in [0.1, 0.15) is 34.3 Å². The molecule has 2 aromatic heterocycles. The van der Waals surface area contributed by atoms with Gasteiger partial charge in [-0.3, -0.25) is 9.78 Å². The van der Waals surface area contributed by atoms with E-state index in [-0.39, 0.29) is 29.6 Å². The Kier molecular flexibility index (Phi) is 7.65. The van der Waals surface area contributed by atoms with Gasteiger partial charge in [-0.1, -0.05) is 12.1 Å². The molecular weight excluding hydrogens is 507 g/mol. The molecule has 2 aromatic carbocycles. The average molecular weight is 536 g/mol. The lowest BCUT2D eigenvalue weighted by atomic mass is 10.1. The van der Waals surface area contributed by atoms with Gasteiger partial charge in [-0.05, 0) is 74.5 Å². The van der Waals surface area contributed by atoms with Gasteiger partial charge in [0.2, 0.25) is 0 Å². The van der Waals surface area contributed by atoms with Crippen LogP contribution >= 0.6 is 0 Å². The predicted octanol–water partition coefficient (Wildman–Crippen LogP) is 5.99. The Morgan fingerprint density at radius 2 is 1.90 bits per heavy atom.